The molecule has 0 aromatic carbocycles. The van der Waals surface area contributed by atoms with E-state index in [9.17, 15) is 9.59 Å². The van der Waals surface area contributed by atoms with Crippen molar-refractivity contribution in [2.24, 2.45) is 0 Å². The van der Waals surface area contributed by atoms with Crippen molar-refractivity contribution in [2.75, 3.05) is 19.6 Å². The molecule has 0 bridgehead atoms. The molecule has 5 nitrogen and oxygen atoms in total. The highest BCUT2D eigenvalue weighted by Crippen LogP contribution is 2.21. The van der Waals surface area contributed by atoms with Crippen LogP contribution in [0, 0.1) is 0 Å². The van der Waals surface area contributed by atoms with Gasteiger partial charge >= 0.3 is 6.03 Å². The molecule has 0 aromatic rings. The number of amides is 3. The third-order valence-electron chi connectivity index (χ3n) is 3.39. The largest absolute Gasteiger partial charge is 0.336 e. The van der Waals surface area contributed by atoms with Crippen molar-refractivity contribution >= 4 is 11.9 Å². The highest BCUT2D eigenvalue weighted by Gasteiger charge is 2.37. The van der Waals surface area contributed by atoms with Gasteiger partial charge < -0.3 is 15.1 Å². The van der Waals surface area contributed by atoms with Gasteiger partial charge in [0.15, 0.2) is 0 Å². The summed E-state index contributed by atoms with van der Waals surface area (Å²) in [6, 6.07) is -0.225. The van der Waals surface area contributed by atoms with Crippen LogP contribution in [0.2, 0.25) is 0 Å². The van der Waals surface area contributed by atoms with Gasteiger partial charge in [-0.3, -0.25) is 4.79 Å². The average molecular weight is 281 g/mol. The SMILES string of the molecule is C=C(C)CN(CC)C(=O)N[C@H]1CC(=O)N(C(C)(C)C)C1. The molecule has 0 aromatic heterocycles. The third kappa shape index (κ3) is 4.25. The summed E-state index contributed by atoms with van der Waals surface area (Å²) in [7, 11) is 0. The van der Waals surface area contributed by atoms with Crippen LogP contribution in [0.3, 0.4) is 0 Å². The van der Waals surface area contributed by atoms with Gasteiger partial charge in [0.25, 0.3) is 0 Å². The standard InChI is InChI=1S/C15H27N3O2/c1-7-17(9-11(2)3)14(20)16-12-8-13(19)18(10-12)15(4,5)6/h12H,2,7-10H2,1,3-6H3,(H,16,20)/t12-/m0/s1. The van der Waals surface area contributed by atoms with Crippen LogP contribution in [0.4, 0.5) is 4.79 Å². The molecule has 1 aliphatic heterocycles. The Morgan fingerprint density at radius 3 is 2.50 bits per heavy atom. The molecule has 0 spiro atoms. The maximum Gasteiger partial charge on any atom is 0.317 e. The van der Waals surface area contributed by atoms with Crippen molar-refractivity contribution in [3.63, 3.8) is 0 Å². The van der Waals surface area contributed by atoms with Crippen molar-refractivity contribution in [3.05, 3.63) is 12.2 Å². The highest BCUT2D eigenvalue weighted by atomic mass is 16.2. The van der Waals surface area contributed by atoms with E-state index in [4.69, 9.17) is 0 Å². The molecule has 3 amide bonds. The Hall–Kier alpha value is -1.52. The van der Waals surface area contributed by atoms with Crippen LogP contribution in [-0.2, 0) is 4.79 Å². The Morgan fingerprint density at radius 2 is 2.10 bits per heavy atom. The molecule has 20 heavy (non-hydrogen) atoms. The van der Waals surface area contributed by atoms with E-state index in [0.717, 1.165) is 5.57 Å². The number of likely N-dealkylation sites (N-methyl/N-ethyl adjacent to an activating group) is 1. The van der Waals surface area contributed by atoms with Crippen LogP contribution in [0.1, 0.15) is 41.0 Å². The number of nitrogens with zero attached hydrogens (tertiary/aromatic N) is 2. The van der Waals surface area contributed by atoms with Crippen molar-refractivity contribution in [3.8, 4) is 0 Å². The van der Waals surface area contributed by atoms with Crippen molar-refractivity contribution in [1.82, 2.24) is 15.1 Å². The lowest BCUT2D eigenvalue weighted by Gasteiger charge is -2.32. The molecule has 0 saturated carbocycles. The van der Waals surface area contributed by atoms with Crippen molar-refractivity contribution in [1.29, 1.82) is 0 Å². The molecule has 1 aliphatic rings. The van der Waals surface area contributed by atoms with Crippen LogP contribution in [0.25, 0.3) is 0 Å². The predicted octanol–water partition coefficient (Wildman–Crippen LogP) is 1.99. The Bertz CT molecular complexity index is 398. The lowest BCUT2D eigenvalue weighted by Crippen LogP contribution is -2.48. The second kappa shape index (κ2) is 6.29. The van der Waals surface area contributed by atoms with E-state index in [2.05, 4.69) is 11.9 Å². The van der Waals surface area contributed by atoms with Crippen molar-refractivity contribution < 1.29 is 9.59 Å². The number of rotatable bonds is 4. The van der Waals surface area contributed by atoms with Gasteiger partial charge in [0.05, 0.1) is 6.04 Å². The first kappa shape index (κ1) is 16.5. The van der Waals surface area contributed by atoms with E-state index in [1.165, 1.54) is 0 Å². The van der Waals surface area contributed by atoms with Crippen molar-refractivity contribution in [2.45, 2.75) is 52.6 Å². The number of hydrogen-bond acceptors (Lipinski definition) is 2. The van der Waals surface area contributed by atoms with E-state index < -0.39 is 0 Å². The fourth-order valence-electron chi connectivity index (χ4n) is 2.37. The Kier molecular flexibility index (Phi) is 5.20. The van der Waals surface area contributed by atoms with E-state index in [1.807, 2.05) is 39.5 Å². The Morgan fingerprint density at radius 1 is 1.50 bits per heavy atom. The molecule has 0 radical (unpaired) electrons. The molecule has 1 fully saturated rings. The minimum Gasteiger partial charge on any atom is -0.336 e. The van der Waals surface area contributed by atoms with E-state index in [1.54, 1.807) is 4.90 Å². The fourth-order valence-corrected chi connectivity index (χ4v) is 2.37. The first-order valence-corrected chi connectivity index (χ1v) is 7.15. The normalized spacial score (nSPS) is 19.1. The highest BCUT2D eigenvalue weighted by molar-refractivity contribution is 5.82. The summed E-state index contributed by atoms with van der Waals surface area (Å²) in [5, 5.41) is 2.95. The maximum absolute atomic E-state index is 12.2. The summed E-state index contributed by atoms with van der Waals surface area (Å²) in [5.41, 5.74) is 0.749. The minimum atomic E-state index is -0.196. The maximum atomic E-state index is 12.2. The summed E-state index contributed by atoms with van der Waals surface area (Å²) in [6.45, 7) is 15.4. The smallest absolute Gasteiger partial charge is 0.317 e. The first-order chi connectivity index (χ1) is 9.15. The third-order valence-corrected chi connectivity index (χ3v) is 3.39. The fraction of sp³-hybridized carbons (Fsp3) is 0.733. The Balaban J connectivity index is 2.60. The van der Waals surface area contributed by atoms with Gasteiger partial charge in [0, 0.05) is 31.6 Å². The first-order valence-electron chi connectivity index (χ1n) is 7.15. The van der Waals surface area contributed by atoms with Crippen LogP contribution < -0.4 is 5.32 Å². The van der Waals surface area contributed by atoms with Crippen LogP contribution in [-0.4, -0.2) is 53.0 Å². The monoisotopic (exact) mass is 281 g/mol. The molecule has 1 saturated heterocycles. The van der Waals surface area contributed by atoms with Gasteiger partial charge in [-0.05, 0) is 34.6 Å². The summed E-state index contributed by atoms with van der Waals surface area (Å²) < 4.78 is 0. The van der Waals surface area contributed by atoms with Crippen LogP contribution in [0.15, 0.2) is 12.2 Å². The van der Waals surface area contributed by atoms with Gasteiger partial charge in [-0.25, -0.2) is 4.79 Å². The van der Waals surface area contributed by atoms with E-state index in [0.29, 0.717) is 26.1 Å². The van der Waals surface area contributed by atoms with Crippen LogP contribution >= 0.6 is 0 Å². The van der Waals surface area contributed by atoms with Gasteiger partial charge in [0.2, 0.25) is 5.91 Å². The summed E-state index contributed by atoms with van der Waals surface area (Å²) in [4.78, 5) is 27.7. The molecule has 1 N–H and O–H groups in total. The topological polar surface area (TPSA) is 52.7 Å². The summed E-state index contributed by atoms with van der Waals surface area (Å²) in [5.74, 6) is 0.103. The molecule has 1 atom stereocenters. The number of hydrogen-bond donors (Lipinski definition) is 1. The van der Waals surface area contributed by atoms with Gasteiger partial charge in [-0.15, -0.1) is 0 Å². The summed E-state index contributed by atoms with van der Waals surface area (Å²) in [6.07, 6.45) is 0.383. The lowest BCUT2D eigenvalue weighted by molar-refractivity contribution is -0.131. The molecular formula is C15H27N3O2. The number of carbonyl (C=O) groups excluding carboxylic acids is 2. The van der Waals surface area contributed by atoms with E-state index in [-0.39, 0.29) is 23.5 Å². The number of likely N-dealkylation sites (tertiary alicyclic amines) is 1. The van der Waals surface area contributed by atoms with Crippen LogP contribution in [0.5, 0.6) is 0 Å². The number of carbonyl (C=O) groups is 2. The second-order valence-electron chi connectivity index (χ2n) is 6.50. The zero-order valence-electron chi connectivity index (χ0n) is 13.3. The average Bonchev–Trinajstić information content (AvgIpc) is 2.66. The lowest BCUT2D eigenvalue weighted by atomic mass is 10.1. The molecule has 0 aliphatic carbocycles. The van der Waals surface area contributed by atoms with Gasteiger partial charge in [0.1, 0.15) is 0 Å². The zero-order chi connectivity index (χ0) is 15.5. The number of nitrogens with one attached hydrogen (secondary N) is 1. The van der Waals surface area contributed by atoms with E-state index >= 15 is 0 Å². The second-order valence-corrected chi connectivity index (χ2v) is 6.50. The Labute approximate surface area is 122 Å². The molecular weight excluding hydrogens is 254 g/mol. The molecule has 5 heteroatoms. The van der Waals surface area contributed by atoms with Gasteiger partial charge in [-0.1, -0.05) is 12.2 Å². The predicted molar refractivity (Wildman–Crippen MR) is 80.5 cm³/mol. The zero-order valence-corrected chi connectivity index (χ0v) is 13.3. The molecule has 1 heterocycles. The molecule has 1 rings (SSSR count). The molecule has 114 valence electrons. The van der Waals surface area contributed by atoms with Gasteiger partial charge in [-0.2, -0.15) is 0 Å². The summed E-state index contributed by atoms with van der Waals surface area (Å²) >= 11 is 0. The molecule has 0 unspecified atom stereocenters. The number of urea groups is 1. The minimum absolute atomic E-state index is 0.103. The quantitative estimate of drug-likeness (QED) is 0.801.